The van der Waals surface area contributed by atoms with Gasteiger partial charge in [0.15, 0.2) is 11.5 Å². The zero-order valence-electron chi connectivity index (χ0n) is 17.5. The van der Waals surface area contributed by atoms with Crippen molar-refractivity contribution in [3.63, 3.8) is 0 Å². The number of rotatable bonds is 9. The molecule has 0 bridgehead atoms. The molecule has 1 N–H and O–H groups in total. The largest absolute Gasteiger partial charge is 0.495 e. The number of hydrogen-bond donors (Lipinski definition) is 1. The first-order valence-corrected chi connectivity index (χ1v) is 9.57. The Morgan fingerprint density at radius 3 is 2.13 bits per heavy atom. The summed E-state index contributed by atoms with van der Waals surface area (Å²) in [5.74, 6) is -0.0886. The van der Waals surface area contributed by atoms with Crippen LogP contribution in [0.3, 0.4) is 0 Å². The Morgan fingerprint density at radius 1 is 0.935 bits per heavy atom. The fourth-order valence-corrected chi connectivity index (χ4v) is 3.10. The van der Waals surface area contributed by atoms with Crippen molar-refractivity contribution >= 4 is 46.3 Å². The van der Waals surface area contributed by atoms with E-state index in [9.17, 15) is 9.59 Å². The lowest BCUT2D eigenvalue weighted by molar-refractivity contribution is -0.126. The van der Waals surface area contributed by atoms with Crippen molar-refractivity contribution in [3.05, 3.63) is 34.3 Å². The minimum absolute atomic E-state index is 0.184. The number of nitrogens with zero attached hydrogens (tertiary/aromatic N) is 2. The Labute approximate surface area is 189 Å². The summed E-state index contributed by atoms with van der Waals surface area (Å²) in [6.07, 6.45) is 0. The summed E-state index contributed by atoms with van der Waals surface area (Å²) in [7, 11) is 5.70. The quantitative estimate of drug-likeness (QED) is 0.420. The van der Waals surface area contributed by atoms with Gasteiger partial charge in [0.05, 0.1) is 39.1 Å². The van der Waals surface area contributed by atoms with Crippen LogP contribution < -0.4 is 24.3 Å². The van der Waals surface area contributed by atoms with E-state index in [1.165, 1.54) is 53.6 Å². The summed E-state index contributed by atoms with van der Waals surface area (Å²) < 4.78 is 20.7. The summed E-state index contributed by atoms with van der Waals surface area (Å²) in [6.45, 7) is 1.22. The van der Waals surface area contributed by atoms with Gasteiger partial charge in [-0.2, -0.15) is 10.2 Å². The predicted octanol–water partition coefficient (Wildman–Crippen LogP) is 4.71. The molecular formula is C20H21Cl2N3O6. The van der Waals surface area contributed by atoms with E-state index in [0.717, 1.165) is 0 Å². The van der Waals surface area contributed by atoms with Crippen LogP contribution in [0.15, 0.2) is 34.5 Å². The molecule has 0 fully saturated rings. The molecule has 11 heteroatoms. The molecule has 1 amide bonds. The van der Waals surface area contributed by atoms with Crippen molar-refractivity contribution in [2.45, 2.75) is 13.0 Å². The average molecular weight is 470 g/mol. The molecule has 0 heterocycles. The number of carbonyl (C=O) groups excluding carboxylic acids is 2. The molecule has 0 saturated heterocycles. The second-order valence-corrected chi connectivity index (χ2v) is 6.82. The second-order valence-electron chi connectivity index (χ2n) is 6.04. The highest BCUT2D eigenvalue weighted by atomic mass is 35.5. The molecule has 1 atom stereocenters. The van der Waals surface area contributed by atoms with E-state index in [1.807, 2.05) is 0 Å². The van der Waals surface area contributed by atoms with E-state index in [2.05, 4.69) is 15.5 Å². The fraction of sp³-hybridized carbons (Fsp3) is 0.300. The monoisotopic (exact) mass is 469 g/mol. The van der Waals surface area contributed by atoms with Crippen molar-refractivity contribution in [1.29, 1.82) is 0 Å². The number of carbonyl (C=O) groups is 2. The SMILES string of the molecule is COc1cc(NC(=O)C(N=Nc2ccc(OC)c(Cl)c2OC)C(C)=O)c(OC)cc1Cl. The first-order valence-electron chi connectivity index (χ1n) is 8.81. The maximum absolute atomic E-state index is 12.8. The lowest BCUT2D eigenvalue weighted by Gasteiger charge is -2.15. The topological polar surface area (TPSA) is 108 Å². The van der Waals surface area contributed by atoms with Gasteiger partial charge in [-0.1, -0.05) is 23.2 Å². The smallest absolute Gasteiger partial charge is 0.258 e. The van der Waals surface area contributed by atoms with Gasteiger partial charge in [0.2, 0.25) is 6.04 Å². The van der Waals surface area contributed by atoms with Gasteiger partial charge in [-0.05, 0) is 19.1 Å². The molecule has 0 saturated carbocycles. The summed E-state index contributed by atoms with van der Waals surface area (Å²) >= 11 is 12.3. The molecule has 0 spiro atoms. The number of anilines is 1. The van der Waals surface area contributed by atoms with Gasteiger partial charge in [0, 0.05) is 12.1 Å². The number of amides is 1. The molecule has 2 aromatic rings. The van der Waals surface area contributed by atoms with Crippen LogP contribution in [0, 0.1) is 0 Å². The first kappa shape index (κ1) is 24.2. The molecule has 0 aliphatic carbocycles. The van der Waals surface area contributed by atoms with Gasteiger partial charge in [0.1, 0.15) is 28.0 Å². The number of benzene rings is 2. The molecule has 31 heavy (non-hydrogen) atoms. The Bertz CT molecular complexity index is 1010. The Balaban J connectivity index is 2.35. The number of ether oxygens (including phenoxy) is 4. The van der Waals surface area contributed by atoms with Crippen molar-refractivity contribution in [2.24, 2.45) is 10.2 Å². The van der Waals surface area contributed by atoms with E-state index in [0.29, 0.717) is 16.5 Å². The lowest BCUT2D eigenvalue weighted by atomic mass is 10.2. The number of ketones is 1. The van der Waals surface area contributed by atoms with Gasteiger partial charge in [-0.3, -0.25) is 9.59 Å². The molecule has 0 aliphatic heterocycles. The van der Waals surface area contributed by atoms with Gasteiger partial charge in [-0.25, -0.2) is 0 Å². The van der Waals surface area contributed by atoms with Crippen LogP contribution in [0.5, 0.6) is 23.0 Å². The summed E-state index contributed by atoms with van der Waals surface area (Å²) in [5, 5.41) is 10.9. The van der Waals surface area contributed by atoms with Crippen LogP contribution in [0.1, 0.15) is 6.92 Å². The molecule has 2 rings (SSSR count). The Hall–Kier alpha value is -3.04. The fourth-order valence-electron chi connectivity index (χ4n) is 2.56. The molecule has 166 valence electrons. The number of Topliss-reactive ketones (excluding diaryl/α,β-unsaturated/α-hetero) is 1. The highest BCUT2D eigenvalue weighted by molar-refractivity contribution is 6.34. The molecule has 2 aromatic carbocycles. The first-order chi connectivity index (χ1) is 14.8. The van der Waals surface area contributed by atoms with Crippen molar-refractivity contribution in [2.75, 3.05) is 33.8 Å². The zero-order valence-corrected chi connectivity index (χ0v) is 19.0. The van der Waals surface area contributed by atoms with E-state index in [-0.39, 0.29) is 27.9 Å². The normalized spacial score (nSPS) is 11.7. The van der Waals surface area contributed by atoms with E-state index in [1.54, 1.807) is 6.07 Å². The van der Waals surface area contributed by atoms with Crippen LogP contribution in [0.25, 0.3) is 0 Å². The highest BCUT2D eigenvalue weighted by Gasteiger charge is 2.25. The van der Waals surface area contributed by atoms with Gasteiger partial charge < -0.3 is 24.3 Å². The highest BCUT2D eigenvalue weighted by Crippen LogP contribution is 2.41. The van der Waals surface area contributed by atoms with Gasteiger partial charge in [0.25, 0.3) is 5.91 Å². The van der Waals surface area contributed by atoms with Gasteiger partial charge >= 0.3 is 0 Å². The van der Waals surface area contributed by atoms with E-state index >= 15 is 0 Å². The maximum Gasteiger partial charge on any atom is 0.258 e. The summed E-state index contributed by atoms with van der Waals surface area (Å²) in [4.78, 5) is 24.8. The van der Waals surface area contributed by atoms with Crippen LogP contribution in [0.2, 0.25) is 10.0 Å². The van der Waals surface area contributed by atoms with Crippen LogP contribution in [0.4, 0.5) is 11.4 Å². The molecule has 0 aromatic heterocycles. The van der Waals surface area contributed by atoms with Crippen molar-refractivity contribution in [3.8, 4) is 23.0 Å². The Morgan fingerprint density at radius 2 is 1.58 bits per heavy atom. The lowest BCUT2D eigenvalue weighted by Crippen LogP contribution is -2.32. The molecule has 1 unspecified atom stereocenters. The molecule has 0 radical (unpaired) electrons. The van der Waals surface area contributed by atoms with Crippen molar-refractivity contribution in [1.82, 2.24) is 0 Å². The van der Waals surface area contributed by atoms with Crippen molar-refractivity contribution < 1.29 is 28.5 Å². The summed E-state index contributed by atoms with van der Waals surface area (Å²) in [6, 6.07) is 4.61. The third-order valence-corrected chi connectivity index (χ3v) is 4.76. The van der Waals surface area contributed by atoms with Crippen LogP contribution in [-0.4, -0.2) is 46.2 Å². The van der Waals surface area contributed by atoms with Crippen LogP contribution >= 0.6 is 23.2 Å². The number of hydrogen-bond acceptors (Lipinski definition) is 8. The standard InChI is InChI=1S/C20H21Cl2N3O6/c1-10(26)18(25-24-12-6-7-14(28-2)17(22)19(12)31-5)20(27)23-13-9-15(29-3)11(21)8-16(13)30-4/h6-9,18H,1-5H3,(H,23,27). The number of nitrogens with one attached hydrogen (secondary N) is 1. The van der Waals surface area contributed by atoms with Gasteiger partial charge in [-0.15, -0.1) is 0 Å². The number of halogens is 2. The maximum atomic E-state index is 12.8. The Kier molecular flexibility index (Phi) is 8.47. The minimum Gasteiger partial charge on any atom is -0.495 e. The average Bonchev–Trinajstić information content (AvgIpc) is 2.74. The van der Waals surface area contributed by atoms with Crippen LogP contribution in [-0.2, 0) is 9.59 Å². The number of methoxy groups -OCH3 is 4. The second kappa shape index (κ2) is 10.8. The molecule has 9 nitrogen and oxygen atoms in total. The minimum atomic E-state index is -1.43. The van der Waals surface area contributed by atoms with E-state index < -0.39 is 17.7 Å². The third-order valence-electron chi connectivity index (χ3n) is 4.11. The third kappa shape index (κ3) is 5.56. The zero-order chi connectivity index (χ0) is 23.1. The predicted molar refractivity (Wildman–Crippen MR) is 117 cm³/mol. The van der Waals surface area contributed by atoms with E-state index in [4.69, 9.17) is 42.1 Å². The summed E-state index contributed by atoms with van der Waals surface area (Å²) in [5.41, 5.74) is 0.471. The molecule has 0 aliphatic rings. The molecular weight excluding hydrogens is 449 g/mol. The number of azo groups is 1.